The van der Waals surface area contributed by atoms with E-state index in [0.717, 1.165) is 29.6 Å². The Bertz CT molecular complexity index is 435. The molecule has 4 rings (SSSR count). The van der Waals surface area contributed by atoms with Crippen LogP contribution in [0.2, 0.25) is 0 Å². The summed E-state index contributed by atoms with van der Waals surface area (Å²) in [6.45, 7) is 0. The zero-order valence-corrected chi connectivity index (χ0v) is 10.8. The van der Waals surface area contributed by atoms with Crippen LogP contribution in [0.25, 0.3) is 0 Å². The average molecular weight is 244 g/mol. The Labute approximate surface area is 109 Å². The molecule has 1 aromatic rings. The van der Waals surface area contributed by atoms with Crippen molar-refractivity contribution in [3.05, 3.63) is 35.6 Å². The number of hydrogen-bond acceptors (Lipinski definition) is 0. The molecule has 1 aromatic carbocycles. The average Bonchev–Trinajstić information content (AvgIpc) is 3.03. The summed E-state index contributed by atoms with van der Waals surface area (Å²) in [5, 5.41) is 0. The summed E-state index contributed by atoms with van der Waals surface area (Å²) in [5.74, 6) is 4.94. The minimum atomic E-state index is -0.109. The molecule has 0 aromatic heterocycles. The fourth-order valence-electron chi connectivity index (χ4n) is 5.37. The highest BCUT2D eigenvalue weighted by Crippen LogP contribution is 2.61. The van der Waals surface area contributed by atoms with Crippen molar-refractivity contribution in [3.8, 4) is 0 Å². The molecule has 0 spiro atoms. The van der Waals surface area contributed by atoms with E-state index < -0.39 is 0 Å². The van der Waals surface area contributed by atoms with Crippen LogP contribution in [0.1, 0.15) is 37.7 Å². The van der Waals surface area contributed by atoms with Gasteiger partial charge < -0.3 is 0 Å². The third kappa shape index (κ3) is 1.63. The van der Waals surface area contributed by atoms with Gasteiger partial charge in [0.2, 0.25) is 0 Å². The first kappa shape index (κ1) is 11.0. The molecule has 3 aliphatic rings. The van der Waals surface area contributed by atoms with Gasteiger partial charge in [-0.25, -0.2) is 4.39 Å². The van der Waals surface area contributed by atoms with Gasteiger partial charge in [0.15, 0.2) is 0 Å². The summed E-state index contributed by atoms with van der Waals surface area (Å²) in [4.78, 5) is 0. The van der Waals surface area contributed by atoms with Crippen LogP contribution in [-0.2, 0) is 6.42 Å². The molecular weight excluding hydrogens is 223 g/mol. The lowest BCUT2D eigenvalue weighted by atomic mass is 9.74. The first-order valence-electron chi connectivity index (χ1n) is 7.55. The summed E-state index contributed by atoms with van der Waals surface area (Å²) in [6.07, 6.45) is 8.61. The van der Waals surface area contributed by atoms with Crippen LogP contribution in [0, 0.1) is 35.4 Å². The minimum absolute atomic E-state index is 0.109. The smallest absolute Gasteiger partial charge is 0.123 e. The molecule has 5 unspecified atom stereocenters. The van der Waals surface area contributed by atoms with Crippen molar-refractivity contribution in [3.63, 3.8) is 0 Å². The maximum atomic E-state index is 12.9. The van der Waals surface area contributed by atoms with Crippen LogP contribution in [0.3, 0.4) is 0 Å². The fraction of sp³-hybridized carbons (Fsp3) is 0.647. The van der Waals surface area contributed by atoms with Crippen LogP contribution >= 0.6 is 0 Å². The quantitative estimate of drug-likeness (QED) is 0.721. The van der Waals surface area contributed by atoms with Gasteiger partial charge >= 0.3 is 0 Å². The normalized spacial score (nSPS) is 41.3. The maximum Gasteiger partial charge on any atom is 0.123 e. The van der Waals surface area contributed by atoms with Gasteiger partial charge in [-0.3, -0.25) is 0 Å². The molecule has 18 heavy (non-hydrogen) atoms. The maximum absolute atomic E-state index is 12.9. The topological polar surface area (TPSA) is 0 Å². The molecule has 0 N–H and O–H groups in total. The highest BCUT2D eigenvalue weighted by atomic mass is 19.1. The molecule has 1 heteroatoms. The predicted molar refractivity (Wildman–Crippen MR) is 70.6 cm³/mol. The summed E-state index contributed by atoms with van der Waals surface area (Å²) >= 11 is 0. The van der Waals surface area contributed by atoms with Crippen LogP contribution in [0.15, 0.2) is 24.3 Å². The number of fused-ring (bicyclic) bond motifs is 5. The Morgan fingerprint density at radius 3 is 2.56 bits per heavy atom. The van der Waals surface area contributed by atoms with Gasteiger partial charge in [-0.2, -0.15) is 0 Å². The monoisotopic (exact) mass is 244 g/mol. The second-order valence-corrected chi connectivity index (χ2v) is 6.74. The summed E-state index contributed by atoms with van der Waals surface area (Å²) in [7, 11) is 0. The lowest BCUT2D eigenvalue weighted by Gasteiger charge is -2.31. The predicted octanol–water partition coefficient (Wildman–Crippen LogP) is 4.44. The van der Waals surface area contributed by atoms with Crippen molar-refractivity contribution < 1.29 is 4.39 Å². The van der Waals surface area contributed by atoms with Crippen LogP contribution in [0.4, 0.5) is 4.39 Å². The second kappa shape index (κ2) is 4.08. The van der Waals surface area contributed by atoms with Gasteiger partial charge in [0.1, 0.15) is 5.82 Å². The van der Waals surface area contributed by atoms with E-state index in [4.69, 9.17) is 0 Å². The SMILES string of the molecule is Fc1ccc(CC2CC3CC2C2CCCC32)cc1. The molecule has 2 bridgehead atoms. The third-order valence-electron chi connectivity index (χ3n) is 5.98. The van der Waals surface area contributed by atoms with Gasteiger partial charge in [-0.1, -0.05) is 18.6 Å². The number of halogens is 1. The van der Waals surface area contributed by atoms with Crippen LogP contribution < -0.4 is 0 Å². The molecule has 5 atom stereocenters. The summed E-state index contributed by atoms with van der Waals surface area (Å²) in [5.41, 5.74) is 1.34. The van der Waals surface area contributed by atoms with Crippen molar-refractivity contribution in [1.82, 2.24) is 0 Å². The van der Waals surface area contributed by atoms with Gasteiger partial charge in [0.25, 0.3) is 0 Å². The Kier molecular flexibility index (Phi) is 2.50. The van der Waals surface area contributed by atoms with E-state index in [9.17, 15) is 4.39 Å². The van der Waals surface area contributed by atoms with Crippen LogP contribution in [0.5, 0.6) is 0 Å². The number of rotatable bonds is 2. The third-order valence-corrected chi connectivity index (χ3v) is 5.98. The highest BCUT2D eigenvalue weighted by molar-refractivity contribution is 5.18. The van der Waals surface area contributed by atoms with E-state index in [1.807, 2.05) is 12.1 Å². The van der Waals surface area contributed by atoms with E-state index in [1.165, 1.54) is 44.1 Å². The van der Waals surface area contributed by atoms with Crippen molar-refractivity contribution in [2.45, 2.75) is 38.5 Å². The number of benzene rings is 1. The molecule has 3 fully saturated rings. The zero-order valence-electron chi connectivity index (χ0n) is 10.8. The number of hydrogen-bond donors (Lipinski definition) is 0. The van der Waals surface area contributed by atoms with E-state index >= 15 is 0 Å². The highest BCUT2D eigenvalue weighted by Gasteiger charge is 2.53. The Hall–Kier alpha value is -0.850. The van der Waals surface area contributed by atoms with E-state index in [-0.39, 0.29) is 5.82 Å². The van der Waals surface area contributed by atoms with Gasteiger partial charge in [0, 0.05) is 0 Å². The molecule has 0 amide bonds. The molecule has 0 radical (unpaired) electrons. The Morgan fingerprint density at radius 1 is 0.944 bits per heavy atom. The lowest BCUT2D eigenvalue weighted by molar-refractivity contribution is 0.188. The van der Waals surface area contributed by atoms with Gasteiger partial charge in [0.05, 0.1) is 0 Å². The van der Waals surface area contributed by atoms with E-state index in [0.29, 0.717) is 0 Å². The molecule has 96 valence electrons. The van der Waals surface area contributed by atoms with Crippen molar-refractivity contribution in [2.24, 2.45) is 29.6 Å². The van der Waals surface area contributed by atoms with Crippen LogP contribution in [-0.4, -0.2) is 0 Å². The second-order valence-electron chi connectivity index (χ2n) is 6.74. The summed E-state index contributed by atoms with van der Waals surface area (Å²) in [6, 6.07) is 7.18. The molecule has 0 heterocycles. The minimum Gasteiger partial charge on any atom is -0.207 e. The molecule has 3 saturated carbocycles. The Balaban J connectivity index is 1.49. The first-order chi connectivity index (χ1) is 8.81. The van der Waals surface area contributed by atoms with Crippen molar-refractivity contribution in [2.75, 3.05) is 0 Å². The van der Waals surface area contributed by atoms with Gasteiger partial charge in [-0.15, -0.1) is 0 Å². The molecular formula is C17H21F. The zero-order chi connectivity index (χ0) is 12.1. The van der Waals surface area contributed by atoms with Gasteiger partial charge in [-0.05, 0) is 79.4 Å². The van der Waals surface area contributed by atoms with Crippen molar-refractivity contribution in [1.29, 1.82) is 0 Å². The molecule has 3 aliphatic carbocycles. The van der Waals surface area contributed by atoms with Crippen molar-refractivity contribution >= 4 is 0 Å². The largest absolute Gasteiger partial charge is 0.207 e. The fourth-order valence-corrected chi connectivity index (χ4v) is 5.37. The Morgan fingerprint density at radius 2 is 1.72 bits per heavy atom. The van der Waals surface area contributed by atoms with E-state index in [2.05, 4.69) is 0 Å². The summed E-state index contributed by atoms with van der Waals surface area (Å²) < 4.78 is 12.9. The molecule has 0 nitrogen and oxygen atoms in total. The standard InChI is InChI=1S/C17H21F/c18-14-6-4-11(5-7-14)8-12-9-13-10-17(12)16-3-1-2-15(13)16/h4-7,12-13,15-17H,1-3,8-10H2. The first-order valence-corrected chi connectivity index (χ1v) is 7.55. The molecule has 0 saturated heterocycles. The lowest BCUT2D eigenvalue weighted by Crippen LogP contribution is -2.25. The molecule has 0 aliphatic heterocycles. The van der Waals surface area contributed by atoms with E-state index in [1.54, 1.807) is 12.1 Å².